The fourth-order valence-electron chi connectivity index (χ4n) is 2.09. The van der Waals surface area contributed by atoms with E-state index < -0.39 is 10.0 Å². The number of anilines is 1. The van der Waals surface area contributed by atoms with Crippen LogP contribution in [0, 0.1) is 6.92 Å². The maximum atomic E-state index is 12.3. The Balaban J connectivity index is 2.26. The molecule has 0 radical (unpaired) electrons. The van der Waals surface area contributed by atoms with E-state index in [9.17, 15) is 8.42 Å². The minimum absolute atomic E-state index is 0.0425. The zero-order chi connectivity index (χ0) is 15.5. The second-order valence-electron chi connectivity index (χ2n) is 4.75. The Bertz CT molecular complexity index is 722. The van der Waals surface area contributed by atoms with Crippen molar-refractivity contribution in [3.63, 3.8) is 0 Å². The van der Waals surface area contributed by atoms with Crippen molar-refractivity contribution in [1.82, 2.24) is 14.9 Å². The van der Waals surface area contributed by atoms with Gasteiger partial charge in [0.15, 0.2) is 5.03 Å². The molecule has 1 aromatic heterocycles. The van der Waals surface area contributed by atoms with E-state index in [1.54, 1.807) is 29.8 Å². The van der Waals surface area contributed by atoms with Crippen molar-refractivity contribution in [1.29, 1.82) is 0 Å². The summed E-state index contributed by atoms with van der Waals surface area (Å²) in [7, 11) is -1.81. The fourth-order valence-corrected chi connectivity index (χ4v) is 3.15. The molecule has 0 aliphatic heterocycles. The third-order valence-corrected chi connectivity index (χ3v) is 4.38. The Morgan fingerprint density at radius 1 is 1.33 bits per heavy atom. The van der Waals surface area contributed by atoms with Crippen molar-refractivity contribution in [3.8, 4) is 0 Å². The molecule has 2 aromatic rings. The molecular weight excluding hydrogens is 288 g/mol. The average Bonchev–Trinajstić information content (AvgIpc) is 2.81. The van der Waals surface area contributed by atoms with Gasteiger partial charge >= 0.3 is 0 Å². The summed E-state index contributed by atoms with van der Waals surface area (Å²) in [5, 5.41) is 3.07. The molecule has 1 heterocycles. The topological polar surface area (TPSA) is 76.0 Å². The summed E-state index contributed by atoms with van der Waals surface area (Å²) in [5.74, 6) is 0.682. The monoisotopic (exact) mass is 308 g/mol. The van der Waals surface area contributed by atoms with E-state index in [-0.39, 0.29) is 5.03 Å². The first-order valence-electron chi connectivity index (χ1n) is 6.76. The molecule has 7 heteroatoms. The van der Waals surface area contributed by atoms with Crippen molar-refractivity contribution in [2.24, 2.45) is 0 Å². The molecular formula is C14H20N4O2S. The summed E-state index contributed by atoms with van der Waals surface area (Å²) in [6.45, 7) is 5.10. The number of nitrogens with one attached hydrogen (secondary N) is 2. The van der Waals surface area contributed by atoms with Crippen LogP contribution in [0.15, 0.2) is 35.5 Å². The molecule has 1 aromatic carbocycles. The highest BCUT2D eigenvalue weighted by molar-refractivity contribution is 7.92. The fraction of sp³-hybridized carbons (Fsp3) is 0.357. The van der Waals surface area contributed by atoms with Gasteiger partial charge in [-0.1, -0.05) is 12.1 Å². The summed E-state index contributed by atoms with van der Waals surface area (Å²) in [5.41, 5.74) is 1.54. The number of hydrogen-bond acceptors (Lipinski definition) is 4. The number of sulfonamides is 1. The third kappa shape index (κ3) is 3.62. The van der Waals surface area contributed by atoms with Gasteiger partial charge in [0, 0.05) is 25.0 Å². The lowest BCUT2D eigenvalue weighted by atomic mass is 10.2. The van der Waals surface area contributed by atoms with Gasteiger partial charge in [0.2, 0.25) is 0 Å². The first kappa shape index (κ1) is 15.5. The molecule has 6 nitrogen and oxygen atoms in total. The Hall–Kier alpha value is -1.86. The predicted molar refractivity (Wildman–Crippen MR) is 82.7 cm³/mol. The molecule has 0 aliphatic rings. The van der Waals surface area contributed by atoms with E-state index in [1.165, 1.54) is 0 Å². The predicted octanol–water partition coefficient (Wildman–Crippen LogP) is 1.73. The maximum absolute atomic E-state index is 12.3. The molecule has 0 fully saturated rings. The average molecular weight is 308 g/mol. The van der Waals surface area contributed by atoms with Gasteiger partial charge in [-0.15, -0.1) is 0 Å². The second-order valence-corrected chi connectivity index (χ2v) is 6.38. The van der Waals surface area contributed by atoms with E-state index in [2.05, 4.69) is 15.0 Å². The standard InChI is InChI=1S/C14H20N4O2S/c1-4-18-10-14(16-11(18)2)21(19,20)17-13-7-5-6-12(8-13)9-15-3/h5-8,10,15,17H,4,9H2,1-3H3. The zero-order valence-corrected chi connectivity index (χ0v) is 13.2. The summed E-state index contributed by atoms with van der Waals surface area (Å²) < 4.78 is 29.1. The number of benzene rings is 1. The minimum Gasteiger partial charge on any atom is -0.334 e. The quantitative estimate of drug-likeness (QED) is 0.852. The van der Waals surface area contributed by atoms with E-state index in [4.69, 9.17) is 0 Å². The van der Waals surface area contributed by atoms with Gasteiger partial charge < -0.3 is 9.88 Å². The highest BCUT2D eigenvalue weighted by atomic mass is 32.2. The third-order valence-electron chi connectivity index (χ3n) is 3.13. The number of nitrogens with zero attached hydrogens (tertiary/aromatic N) is 2. The van der Waals surface area contributed by atoms with Crippen LogP contribution >= 0.6 is 0 Å². The molecule has 2 N–H and O–H groups in total. The van der Waals surface area contributed by atoms with Crippen LogP contribution in [0.3, 0.4) is 0 Å². The van der Waals surface area contributed by atoms with Crippen molar-refractivity contribution < 1.29 is 8.42 Å². The lowest BCUT2D eigenvalue weighted by Crippen LogP contribution is -2.14. The Labute approximate surface area is 125 Å². The highest BCUT2D eigenvalue weighted by Gasteiger charge is 2.19. The summed E-state index contributed by atoms with van der Waals surface area (Å²) in [6, 6.07) is 7.28. The van der Waals surface area contributed by atoms with Crippen molar-refractivity contribution in [2.75, 3.05) is 11.8 Å². The van der Waals surface area contributed by atoms with Crippen LogP contribution in [-0.2, 0) is 23.1 Å². The van der Waals surface area contributed by atoms with Crippen molar-refractivity contribution in [2.45, 2.75) is 32.0 Å². The first-order chi connectivity index (χ1) is 9.96. The van der Waals surface area contributed by atoms with Crippen molar-refractivity contribution >= 4 is 15.7 Å². The molecule has 0 amide bonds. The largest absolute Gasteiger partial charge is 0.334 e. The summed E-state index contributed by atoms with van der Waals surface area (Å²) in [4.78, 5) is 4.11. The number of aryl methyl sites for hydroxylation is 2. The number of hydrogen-bond donors (Lipinski definition) is 2. The lowest BCUT2D eigenvalue weighted by Gasteiger charge is -2.07. The summed E-state index contributed by atoms with van der Waals surface area (Å²) >= 11 is 0. The lowest BCUT2D eigenvalue weighted by molar-refractivity contribution is 0.598. The van der Waals surface area contributed by atoms with Gasteiger partial charge in [-0.2, -0.15) is 8.42 Å². The van der Waals surface area contributed by atoms with Gasteiger partial charge in [0.1, 0.15) is 5.82 Å². The smallest absolute Gasteiger partial charge is 0.280 e. The van der Waals surface area contributed by atoms with Gasteiger partial charge in [-0.25, -0.2) is 4.98 Å². The number of rotatable bonds is 6. The van der Waals surface area contributed by atoms with E-state index in [1.807, 2.05) is 26.1 Å². The van der Waals surface area contributed by atoms with Gasteiger partial charge in [-0.3, -0.25) is 4.72 Å². The SMILES string of the molecule is CCn1cc(S(=O)(=O)Nc2cccc(CNC)c2)nc1C. The zero-order valence-electron chi connectivity index (χ0n) is 12.4. The normalized spacial score (nSPS) is 11.6. The first-order valence-corrected chi connectivity index (χ1v) is 8.24. The molecule has 0 atom stereocenters. The molecule has 0 aliphatic carbocycles. The number of imidazole rings is 1. The van der Waals surface area contributed by atoms with Crippen LogP contribution in [0.2, 0.25) is 0 Å². The highest BCUT2D eigenvalue weighted by Crippen LogP contribution is 2.17. The molecule has 21 heavy (non-hydrogen) atoms. The van der Waals surface area contributed by atoms with Crippen LogP contribution in [0.5, 0.6) is 0 Å². The maximum Gasteiger partial charge on any atom is 0.280 e. The molecule has 0 unspecified atom stereocenters. The molecule has 114 valence electrons. The number of aromatic nitrogens is 2. The summed E-state index contributed by atoms with van der Waals surface area (Å²) in [6.07, 6.45) is 1.55. The van der Waals surface area contributed by atoms with Gasteiger partial charge in [0.25, 0.3) is 10.0 Å². The van der Waals surface area contributed by atoms with Gasteiger partial charge in [-0.05, 0) is 38.6 Å². The Morgan fingerprint density at radius 2 is 2.10 bits per heavy atom. The minimum atomic E-state index is -3.66. The molecule has 0 saturated heterocycles. The second kappa shape index (κ2) is 6.28. The van der Waals surface area contributed by atoms with Crippen LogP contribution in [0.4, 0.5) is 5.69 Å². The van der Waals surface area contributed by atoms with Crippen LogP contribution in [-0.4, -0.2) is 25.0 Å². The molecule has 0 spiro atoms. The molecule has 0 bridgehead atoms. The van der Waals surface area contributed by atoms with Gasteiger partial charge in [0.05, 0.1) is 0 Å². The van der Waals surface area contributed by atoms with Crippen LogP contribution < -0.4 is 10.0 Å². The van der Waals surface area contributed by atoms with Crippen LogP contribution in [0.1, 0.15) is 18.3 Å². The van der Waals surface area contributed by atoms with E-state index in [0.717, 1.165) is 5.56 Å². The molecule has 0 saturated carbocycles. The van der Waals surface area contributed by atoms with E-state index in [0.29, 0.717) is 24.6 Å². The van der Waals surface area contributed by atoms with E-state index >= 15 is 0 Å². The van der Waals surface area contributed by atoms with Crippen LogP contribution in [0.25, 0.3) is 0 Å². The Kier molecular flexibility index (Phi) is 4.64. The Morgan fingerprint density at radius 3 is 2.71 bits per heavy atom. The molecule has 2 rings (SSSR count). The van der Waals surface area contributed by atoms with Crippen molar-refractivity contribution in [3.05, 3.63) is 41.9 Å².